The summed E-state index contributed by atoms with van der Waals surface area (Å²) in [5.74, 6) is 1.58. The molecule has 94 valence electrons. The van der Waals surface area contributed by atoms with Gasteiger partial charge < -0.3 is 15.2 Å². The zero-order valence-electron chi connectivity index (χ0n) is 10.6. The number of anilines is 1. The Hall–Kier alpha value is -2.16. The van der Waals surface area contributed by atoms with Crippen LogP contribution in [0.25, 0.3) is 0 Å². The van der Waals surface area contributed by atoms with E-state index in [1.165, 1.54) is 0 Å². The van der Waals surface area contributed by atoms with Crippen molar-refractivity contribution in [2.45, 2.75) is 13.5 Å². The highest BCUT2D eigenvalue weighted by atomic mass is 16.5. The van der Waals surface area contributed by atoms with Gasteiger partial charge in [-0.15, -0.1) is 0 Å². The second-order valence-corrected chi connectivity index (χ2v) is 4.10. The summed E-state index contributed by atoms with van der Waals surface area (Å²) in [7, 11) is 1.64. The molecule has 3 heteroatoms. The highest BCUT2D eigenvalue weighted by molar-refractivity contribution is 5.49. The van der Waals surface area contributed by atoms with E-state index in [1.807, 2.05) is 49.4 Å². The van der Waals surface area contributed by atoms with Gasteiger partial charge in [0.25, 0.3) is 0 Å². The summed E-state index contributed by atoms with van der Waals surface area (Å²) >= 11 is 0. The SMILES string of the molecule is COc1cccc(OCc2cccc(N)c2C)c1. The Kier molecular flexibility index (Phi) is 3.72. The third-order valence-electron chi connectivity index (χ3n) is 2.92. The van der Waals surface area contributed by atoms with Gasteiger partial charge in [-0.2, -0.15) is 0 Å². The van der Waals surface area contributed by atoms with Crippen molar-refractivity contribution in [1.82, 2.24) is 0 Å². The van der Waals surface area contributed by atoms with Crippen LogP contribution in [0.15, 0.2) is 42.5 Å². The van der Waals surface area contributed by atoms with E-state index >= 15 is 0 Å². The van der Waals surface area contributed by atoms with Crippen molar-refractivity contribution in [2.24, 2.45) is 0 Å². The van der Waals surface area contributed by atoms with E-state index in [0.29, 0.717) is 6.61 Å². The Morgan fingerprint density at radius 2 is 1.78 bits per heavy atom. The quantitative estimate of drug-likeness (QED) is 0.839. The topological polar surface area (TPSA) is 44.5 Å². The molecule has 2 aromatic rings. The largest absolute Gasteiger partial charge is 0.497 e. The molecule has 2 rings (SSSR count). The Bertz CT molecular complexity index is 538. The maximum atomic E-state index is 5.86. The van der Waals surface area contributed by atoms with Crippen LogP contribution in [0.4, 0.5) is 5.69 Å². The van der Waals surface area contributed by atoms with Crippen LogP contribution in [0.2, 0.25) is 0 Å². The smallest absolute Gasteiger partial charge is 0.123 e. The molecule has 0 aromatic heterocycles. The lowest BCUT2D eigenvalue weighted by atomic mass is 10.1. The Labute approximate surface area is 107 Å². The molecule has 3 nitrogen and oxygen atoms in total. The van der Waals surface area contributed by atoms with Crippen molar-refractivity contribution < 1.29 is 9.47 Å². The predicted octanol–water partition coefficient (Wildman–Crippen LogP) is 3.16. The molecule has 0 bridgehead atoms. The Balaban J connectivity index is 2.09. The van der Waals surface area contributed by atoms with Gasteiger partial charge in [0.05, 0.1) is 7.11 Å². The van der Waals surface area contributed by atoms with E-state index in [4.69, 9.17) is 15.2 Å². The number of rotatable bonds is 4. The fourth-order valence-corrected chi connectivity index (χ4v) is 1.71. The van der Waals surface area contributed by atoms with Gasteiger partial charge in [-0.05, 0) is 36.2 Å². The molecule has 0 aliphatic rings. The number of methoxy groups -OCH3 is 1. The number of ether oxygens (including phenoxy) is 2. The predicted molar refractivity (Wildman–Crippen MR) is 72.9 cm³/mol. The maximum absolute atomic E-state index is 5.86. The van der Waals surface area contributed by atoms with Gasteiger partial charge in [-0.3, -0.25) is 0 Å². The second-order valence-electron chi connectivity index (χ2n) is 4.10. The van der Waals surface area contributed by atoms with Gasteiger partial charge in [0.15, 0.2) is 0 Å². The first-order valence-electron chi connectivity index (χ1n) is 5.81. The molecule has 0 spiro atoms. The maximum Gasteiger partial charge on any atom is 0.123 e. The number of nitrogens with two attached hydrogens (primary N) is 1. The van der Waals surface area contributed by atoms with E-state index in [1.54, 1.807) is 7.11 Å². The molecule has 2 N–H and O–H groups in total. The van der Waals surface area contributed by atoms with E-state index < -0.39 is 0 Å². The summed E-state index contributed by atoms with van der Waals surface area (Å²) in [4.78, 5) is 0. The Morgan fingerprint density at radius 3 is 2.56 bits per heavy atom. The van der Waals surface area contributed by atoms with Gasteiger partial charge in [0.2, 0.25) is 0 Å². The van der Waals surface area contributed by atoms with Gasteiger partial charge >= 0.3 is 0 Å². The molecule has 0 aliphatic heterocycles. The summed E-state index contributed by atoms with van der Waals surface area (Å²) in [6.45, 7) is 2.50. The van der Waals surface area contributed by atoms with Crippen molar-refractivity contribution in [3.63, 3.8) is 0 Å². The average molecular weight is 243 g/mol. The minimum absolute atomic E-state index is 0.504. The first-order valence-corrected chi connectivity index (χ1v) is 5.81. The molecule has 0 saturated heterocycles. The molecule has 0 atom stereocenters. The van der Waals surface area contributed by atoms with Crippen LogP contribution in [-0.4, -0.2) is 7.11 Å². The number of hydrogen-bond acceptors (Lipinski definition) is 3. The average Bonchev–Trinajstić information content (AvgIpc) is 2.41. The lowest BCUT2D eigenvalue weighted by molar-refractivity contribution is 0.303. The minimum Gasteiger partial charge on any atom is -0.497 e. The van der Waals surface area contributed by atoms with Crippen LogP contribution in [0.3, 0.4) is 0 Å². The van der Waals surface area contributed by atoms with Crippen LogP contribution < -0.4 is 15.2 Å². The molecule has 0 fully saturated rings. The third-order valence-corrected chi connectivity index (χ3v) is 2.92. The molecular formula is C15H17NO2. The van der Waals surface area contributed by atoms with E-state index in [0.717, 1.165) is 28.3 Å². The highest BCUT2D eigenvalue weighted by Gasteiger charge is 2.03. The number of nitrogen functional groups attached to an aromatic ring is 1. The highest BCUT2D eigenvalue weighted by Crippen LogP contribution is 2.21. The molecule has 0 aliphatic carbocycles. The normalized spacial score (nSPS) is 10.1. The molecule has 0 heterocycles. The van der Waals surface area contributed by atoms with Gasteiger partial charge in [0.1, 0.15) is 18.1 Å². The van der Waals surface area contributed by atoms with Crippen LogP contribution in [0.5, 0.6) is 11.5 Å². The lowest BCUT2D eigenvalue weighted by Gasteiger charge is -2.11. The van der Waals surface area contributed by atoms with E-state index in [2.05, 4.69) is 0 Å². The van der Waals surface area contributed by atoms with Crippen molar-refractivity contribution in [3.8, 4) is 11.5 Å². The number of benzene rings is 2. The zero-order chi connectivity index (χ0) is 13.0. The minimum atomic E-state index is 0.504. The molecule has 0 unspecified atom stereocenters. The third kappa shape index (κ3) is 2.74. The van der Waals surface area contributed by atoms with Crippen molar-refractivity contribution in [3.05, 3.63) is 53.6 Å². The standard InChI is InChI=1S/C15H17NO2/c1-11-12(5-3-8-15(11)16)10-18-14-7-4-6-13(9-14)17-2/h3-9H,10,16H2,1-2H3. The number of hydrogen-bond donors (Lipinski definition) is 1. The summed E-state index contributed by atoms with van der Waals surface area (Å²) < 4.78 is 10.9. The summed E-state index contributed by atoms with van der Waals surface area (Å²) in [6, 6.07) is 13.4. The molecular weight excluding hydrogens is 226 g/mol. The monoisotopic (exact) mass is 243 g/mol. The lowest BCUT2D eigenvalue weighted by Crippen LogP contribution is -2.00. The van der Waals surface area contributed by atoms with Crippen LogP contribution >= 0.6 is 0 Å². The fraction of sp³-hybridized carbons (Fsp3) is 0.200. The summed E-state index contributed by atoms with van der Waals surface area (Å²) in [5, 5.41) is 0. The van der Waals surface area contributed by atoms with Gasteiger partial charge in [-0.25, -0.2) is 0 Å². The zero-order valence-corrected chi connectivity index (χ0v) is 10.6. The first kappa shape index (κ1) is 12.3. The molecule has 0 amide bonds. The van der Waals surface area contributed by atoms with Crippen molar-refractivity contribution in [2.75, 3.05) is 12.8 Å². The van der Waals surface area contributed by atoms with Crippen LogP contribution in [-0.2, 0) is 6.61 Å². The van der Waals surface area contributed by atoms with Gasteiger partial charge in [-0.1, -0.05) is 18.2 Å². The summed E-state index contributed by atoms with van der Waals surface area (Å²) in [6.07, 6.45) is 0. The Morgan fingerprint density at radius 1 is 1.06 bits per heavy atom. The van der Waals surface area contributed by atoms with Crippen molar-refractivity contribution in [1.29, 1.82) is 0 Å². The van der Waals surface area contributed by atoms with Crippen molar-refractivity contribution >= 4 is 5.69 Å². The first-order chi connectivity index (χ1) is 8.70. The van der Waals surface area contributed by atoms with Crippen LogP contribution in [0.1, 0.15) is 11.1 Å². The van der Waals surface area contributed by atoms with Crippen LogP contribution in [0, 0.1) is 6.92 Å². The molecule has 18 heavy (non-hydrogen) atoms. The molecule has 0 saturated carbocycles. The van der Waals surface area contributed by atoms with E-state index in [9.17, 15) is 0 Å². The van der Waals surface area contributed by atoms with E-state index in [-0.39, 0.29) is 0 Å². The molecule has 0 radical (unpaired) electrons. The fourth-order valence-electron chi connectivity index (χ4n) is 1.71. The second kappa shape index (κ2) is 5.45. The van der Waals surface area contributed by atoms with Gasteiger partial charge in [0, 0.05) is 11.8 Å². The molecule has 2 aromatic carbocycles. The summed E-state index contributed by atoms with van der Waals surface area (Å²) in [5.41, 5.74) is 8.82.